The molecule has 31 heavy (non-hydrogen) atoms. The zero-order valence-electron chi connectivity index (χ0n) is 18.0. The lowest BCUT2D eigenvalue weighted by Crippen LogP contribution is -2.41. The average Bonchev–Trinajstić information content (AvgIpc) is 3.32. The first-order valence-corrected chi connectivity index (χ1v) is 12.3. The van der Waals surface area contributed by atoms with Gasteiger partial charge in [-0.05, 0) is 48.2 Å². The normalized spacial score (nSPS) is 13.8. The highest BCUT2D eigenvalue weighted by atomic mass is 32.2. The zero-order chi connectivity index (χ0) is 22.2. The quantitative estimate of drug-likeness (QED) is 0.558. The standard InChI is InChI=1S/C23H28N2O4S2/c1-15(2)10-11-29-19-9-8-18(14-20(19)28-3)22(27)25-24-21(26)16-4-6-17(7-5-16)23-30-12-13-31-23/h4-9,14-15,23H,10-13H2,1-3H3,(H,24,26)(H,25,27). The monoisotopic (exact) mass is 460 g/mol. The van der Waals surface area contributed by atoms with Gasteiger partial charge in [0, 0.05) is 22.6 Å². The van der Waals surface area contributed by atoms with Crippen molar-refractivity contribution in [2.75, 3.05) is 25.2 Å². The van der Waals surface area contributed by atoms with Crippen LogP contribution < -0.4 is 20.3 Å². The summed E-state index contributed by atoms with van der Waals surface area (Å²) >= 11 is 3.83. The van der Waals surface area contributed by atoms with Crippen molar-refractivity contribution in [1.29, 1.82) is 0 Å². The zero-order valence-corrected chi connectivity index (χ0v) is 19.6. The van der Waals surface area contributed by atoms with Gasteiger partial charge < -0.3 is 9.47 Å². The predicted octanol–water partition coefficient (Wildman–Crippen LogP) is 4.67. The van der Waals surface area contributed by atoms with E-state index in [9.17, 15) is 9.59 Å². The van der Waals surface area contributed by atoms with Crippen LogP contribution in [0.3, 0.4) is 0 Å². The fourth-order valence-electron chi connectivity index (χ4n) is 2.93. The highest BCUT2D eigenvalue weighted by molar-refractivity contribution is 8.19. The number of thioether (sulfide) groups is 2. The number of ether oxygens (including phenoxy) is 2. The maximum atomic E-state index is 12.5. The van der Waals surface area contributed by atoms with Gasteiger partial charge in [0.1, 0.15) is 0 Å². The largest absolute Gasteiger partial charge is 0.493 e. The lowest BCUT2D eigenvalue weighted by molar-refractivity contribution is 0.0846. The molecule has 6 nitrogen and oxygen atoms in total. The Bertz CT molecular complexity index is 897. The molecule has 0 radical (unpaired) electrons. The third-order valence-electron chi connectivity index (χ3n) is 4.73. The molecule has 1 fully saturated rings. The van der Waals surface area contributed by atoms with E-state index >= 15 is 0 Å². The van der Waals surface area contributed by atoms with E-state index in [2.05, 4.69) is 24.7 Å². The highest BCUT2D eigenvalue weighted by Gasteiger charge is 2.19. The smallest absolute Gasteiger partial charge is 0.269 e. The second kappa shape index (κ2) is 11.3. The third-order valence-corrected chi connectivity index (χ3v) is 7.84. The molecule has 0 bridgehead atoms. The number of amides is 2. The van der Waals surface area contributed by atoms with Crippen LogP contribution in [0, 0.1) is 5.92 Å². The Hall–Kier alpha value is -2.32. The van der Waals surface area contributed by atoms with Crippen molar-refractivity contribution < 1.29 is 19.1 Å². The molecule has 2 aromatic carbocycles. The molecular formula is C23H28N2O4S2. The Kier molecular flexibility index (Phi) is 8.54. The molecule has 2 N–H and O–H groups in total. The molecule has 2 aromatic rings. The van der Waals surface area contributed by atoms with Crippen LogP contribution in [0.1, 0.15) is 51.1 Å². The fourth-order valence-corrected chi connectivity index (χ4v) is 5.79. The summed E-state index contributed by atoms with van der Waals surface area (Å²) in [5.41, 5.74) is 6.97. The van der Waals surface area contributed by atoms with E-state index in [0.29, 0.717) is 39.7 Å². The van der Waals surface area contributed by atoms with E-state index < -0.39 is 5.91 Å². The number of carbonyl (C=O) groups excluding carboxylic acids is 2. The second-order valence-corrected chi connectivity index (χ2v) is 10.2. The van der Waals surface area contributed by atoms with Crippen LogP contribution in [0.2, 0.25) is 0 Å². The number of rotatable bonds is 8. The van der Waals surface area contributed by atoms with E-state index in [4.69, 9.17) is 9.47 Å². The van der Waals surface area contributed by atoms with Gasteiger partial charge in [0.25, 0.3) is 11.8 Å². The van der Waals surface area contributed by atoms with Gasteiger partial charge >= 0.3 is 0 Å². The Balaban J connectivity index is 1.55. The molecule has 166 valence electrons. The molecule has 0 unspecified atom stereocenters. The van der Waals surface area contributed by atoms with Crippen LogP contribution in [0.4, 0.5) is 0 Å². The van der Waals surface area contributed by atoms with Gasteiger partial charge in [-0.25, -0.2) is 0 Å². The third kappa shape index (κ3) is 6.58. The number of carbonyl (C=O) groups is 2. The maximum Gasteiger partial charge on any atom is 0.269 e. The average molecular weight is 461 g/mol. The van der Waals surface area contributed by atoms with Crippen molar-refractivity contribution in [2.24, 2.45) is 5.92 Å². The van der Waals surface area contributed by atoms with Crippen LogP contribution in [0.25, 0.3) is 0 Å². The minimum Gasteiger partial charge on any atom is -0.493 e. The summed E-state index contributed by atoms with van der Waals surface area (Å²) in [4.78, 5) is 24.8. The molecule has 0 spiro atoms. The summed E-state index contributed by atoms with van der Waals surface area (Å²) in [5, 5.41) is 0. The van der Waals surface area contributed by atoms with Gasteiger partial charge in [0.05, 0.1) is 18.3 Å². The molecule has 3 rings (SSSR count). The molecule has 1 aliphatic rings. The lowest BCUT2D eigenvalue weighted by Gasteiger charge is -2.13. The van der Waals surface area contributed by atoms with Crippen molar-refractivity contribution in [1.82, 2.24) is 10.9 Å². The van der Waals surface area contributed by atoms with Gasteiger partial charge in [0.15, 0.2) is 11.5 Å². The number of hydrogen-bond donors (Lipinski definition) is 2. The summed E-state index contributed by atoms with van der Waals surface area (Å²) < 4.78 is 11.5. The topological polar surface area (TPSA) is 76.7 Å². The van der Waals surface area contributed by atoms with Gasteiger partial charge in [-0.15, -0.1) is 23.5 Å². The molecule has 0 atom stereocenters. The van der Waals surface area contributed by atoms with Gasteiger partial charge in [-0.1, -0.05) is 26.0 Å². The van der Waals surface area contributed by atoms with Gasteiger partial charge in [-0.3, -0.25) is 20.4 Å². The first-order chi connectivity index (χ1) is 15.0. The molecule has 1 saturated heterocycles. The molecule has 2 amide bonds. The SMILES string of the molecule is COc1cc(C(=O)NNC(=O)c2ccc(C3SCCS3)cc2)ccc1OCCC(C)C. The Morgan fingerprint density at radius 1 is 0.968 bits per heavy atom. The van der Waals surface area contributed by atoms with Crippen molar-refractivity contribution in [3.8, 4) is 11.5 Å². The van der Waals surface area contributed by atoms with E-state index in [1.807, 2.05) is 35.7 Å². The van der Waals surface area contributed by atoms with E-state index in [0.717, 1.165) is 17.9 Å². The van der Waals surface area contributed by atoms with Crippen LogP contribution in [0.15, 0.2) is 42.5 Å². The number of hydrogen-bond acceptors (Lipinski definition) is 6. The maximum absolute atomic E-state index is 12.5. The summed E-state index contributed by atoms with van der Waals surface area (Å²) in [6.45, 7) is 4.83. The summed E-state index contributed by atoms with van der Waals surface area (Å²) in [6.07, 6.45) is 0.927. The van der Waals surface area contributed by atoms with E-state index in [1.54, 1.807) is 30.3 Å². The predicted molar refractivity (Wildman–Crippen MR) is 127 cm³/mol. The van der Waals surface area contributed by atoms with Crippen molar-refractivity contribution in [3.05, 3.63) is 59.2 Å². The minimum absolute atomic E-state index is 0.360. The van der Waals surface area contributed by atoms with Gasteiger partial charge in [-0.2, -0.15) is 0 Å². The molecular weight excluding hydrogens is 432 g/mol. The molecule has 1 heterocycles. The lowest BCUT2D eigenvalue weighted by atomic mass is 10.1. The first-order valence-electron chi connectivity index (χ1n) is 10.2. The number of benzene rings is 2. The minimum atomic E-state index is -0.434. The van der Waals surface area contributed by atoms with Crippen molar-refractivity contribution in [2.45, 2.75) is 24.9 Å². The highest BCUT2D eigenvalue weighted by Crippen LogP contribution is 2.45. The van der Waals surface area contributed by atoms with Crippen molar-refractivity contribution >= 4 is 35.3 Å². The van der Waals surface area contributed by atoms with Gasteiger partial charge in [0.2, 0.25) is 0 Å². The molecule has 0 aliphatic carbocycles. The number of methoxy groups -OCH3 is 1. The summed E-state index contributed by atoms with van der Waals surface area (Å²) in [7, 11) is 1.53. The summed E-state index contributed by atoms with van der Waals surface area (Å²) in [6, 6.07) is 12.4. The van der Waals surface area contributed by atoms with E-state index in [-0.39, 0.29) is 5.91 Å². The molecule has 8 heteroatoms. The van der Waals surface area contributed by atoms with Crippen LogP contribution in [-0.2, 0) is 0 Å². The van der Waals surface area contributed by atoms with Crippen molar-refractivity contribution in [3.63, 3.8) is 0 Å². The Morgan fingerprint density at radius 2 is 1.58 bits per heavy atom. The van der Waals surface area contributed by atoms with E-state index in [1.165, 1.54) is 12.7 Å². The molecule has 0 aromatic heterocycles. The summed E-state index contributed by atoms with van der Waals surface area (Å²) in [5.74, 6) is 3.10. The number of hydrazine groups is 1. The Labute approximate surface area is 191 Å². The molecule has 1 aliphatic heterocycles. The molecule has 0 saturated carbocycles. The second-order valence-electron chi connectivity index (χ2n) is 7.50. The number of nitrogens with one attached hydrogen (secondary N) is 2. The fraction of sp³-hybridized carbons (Fsp3) is 0.391. The van der Waals surface area contributed by atoms with Crippen LogP contribution >= 0.6 is 23.5 Å². The van der Waals surface area contributed by atoms with Crippen LogP contribution in [-0.4, -0.2) is 37.0 Å². The first kappa shape index (κ1) is 23.3. The Morgan fingerprint density at radius 3 is 2.19 bits per heavy atom. The van der Waals surface area contributed by atoms with Crippen LogP contribution in [0.5, 0.6) is 11.5 Å².